The van der Waals surface area contributed by atoms with Crippen LogP contribution in [0.2, 0.25) is 0 Å². The van der Waals surface area contributed by atoms with E-state index < -0.39 is 5.60 Å². The second-order valence-electron chi connectivity index (χ2n) is 5.81. The Balaban J connectivity index is 2.15. The molecule has 4 nitrogen and oxygen atoms in total. The van der Waals surface area contributed by atoms with Gasteiger partial charge < -0.3 is 10.0 Å². The number of aliphatic hydroxyl groups is 1. The highest BCUT2D eigenvalue weighted by Crippen LogP contribution is 2.33. The molecule has 1 N–H and O–H groups in total. The number of aromatic nitrogens is 2. The van der Waals surface area contributed by atoms with E-state index in [-0.39, 0.29) is 5.41 Å². The van der Waals surface area contributed by atoms with Crippen molar-refractivity contribution in [2.45, 2.75) is 45.1 Å². The lowest BCUT2D eigenvalue weighted by Gasteiger charge is -2.17. The van der Waals surface area contributed by atoms with Gasteiger partial charge in [-0.3, -0.25) is 0 Å². The van der Waals surface area contributed by atoms with Crippen LogP contribution in [0.1, 0.15) is 39.1 Å². The van der Waals surface area contributed by atoms with Gasteiger partial charge in [-0.1, -0.05) is 32.1 Å². The molecule has 90 valence electrons. The Kier molecular flexibility index (Phi) is 2.70. The Morgan fingerprint density at radius 3 is 2.50 bits per heavy atom. The summed E-state index contributed by atoms with van der Waals surface area (Å²) in [6.07, 6.45) is 0.803. The topological polar surface area (TPSA) is 49.2 Å². The van der Waals surface area contributed by atoms with Crippen molar-refractivity contribution in [1.82, 2.24) is 10.2 Å². The minimum Gasteiger partial charge on any atom is -0.388 e. The molecule has 16 heavy (non-hydrogen) atoms. The summed E-state index contributed by atoms with van der Waals surface area (Å²) < 4.78 is 0. The standard InChI is InChI=1S/C11H19N3OS/c1-10(2,3)8-12-13-9(16-8)14-6-5-11(4,15)7-14/h15H,5-7H2,1-4H3. The van der Waals surface area contributed by atoms with E-state index in [9.17, 15) is 5.11 Å². The van der Waals surface area contributed by atoms with Gasteiger partial charge in [0, 0.05) is 18.5 Å². The molecule has 5 heteroatoms. The molecule has 2 heterocycles. The van der Waals surface area contributed by atoms with Gasteiger partial charge in [-0.15, -0.1) is 10.2 Å². The molecule has 0 amide bonds. The van der Waals surface area contributed by atoms with Crippen LogP contribution in [0.25, 0.3) is 0 Å². The number of hydrogen-bond donors (Lipinski definition) is 1. The van der Waals surface area contributed by atoms with Gasteiger partial charge in [0.1, 0.15) is 5.01 Å². The minimum absolute atomic E-state index is 0.0537. The molecule has 0 aromatic carbocycles. The van der Waals surface area contributed by atoms with E-state index in [0.717, 1.165) is 23.1 Å². The maximum absolute atomic E-state index is 9.91. The Morgan fingerprint density at radius 2 is 2.06 bits per heavy atom. The molecule has 1 aliphatic rings. The molecule has 1 aromatic rings. The maximum Gasteiger partial charge on any atom is 0.208 e. The summed E-state index contributed by atoms with van der Waals surface area (Å²) in [6, 6.07) is 0. The molecular formula is C11H19N3OS. The summed E-state index contributed by atoms with van der Waals surface area (Å²) in [6.45, 7) is 9.81. The average Bonchev–Trinajstić information content (AvgIpc) is 2.68. The van der Waals surface area contributed by atoms with Crippen LogP contribution in [0.15, 0.2) is 0 Å². The van der Waals surface area contributed by atoms with Gasteiger partial charge in [0.05, 0.1) is 5.60 Å². The second-order valence-corrected chi connectivity index (χ2v) is 6.76. The number of β-amino-alcohol motifs (C(OH)–C–C–N with tert-alkyl or cyclic N) is 1. The lowest BCUT2D eigenvalue weighted by molar-refractivity contribution is 0.0839. The molecule has 2 rings (SSSR count). The van der Waals surface area contributed by atoms with Crippen molar-refractivity contribution in [2.75, 3.05) is 18.0 Å². The first-order valence-electron chi connectivity index (χ1n) is 5.59. The number of rotatable bonds is 1. The van der Waals surface area contributed by atoms with E-state index >= 15 is 0 Å². The van der Waals surface area contributed by atoms with Crippen LogP contribution in [0.3, 0.4) is 0 Å². The molecule has 0 spiro atoms. The smallest absolute Gasteiger partial charge is 0.208 e. The first-order chi connectivity index (χ1) is 7.28. The molecule has 1 atom stereocenters. The quantitative estimate of drug-likeness (QED) is 0.814. The molecule has 0 radical (unpaired) electrons. The lowest BCUT2D eigenvalue weighted by atomic mass is 9.98. The van der Waals surface area contributed by atoms with Crippen LogP contribution in [-0.4, -0.2) is 34.0 Å². The Bertz CT molecular complexity index is 381. The van der Waals surface area contributed by atoms with E-state index in [1.807, 2.05) is 6.92 Å². The van der Waals surface area contributed by atoms with Gasteiger partial charge in [-0.25, -0.2) is 0 Å². The Morgan fingerprint density at radius 1 is 1.38 bits per heavy atom. The predicted molar refractivity (Wildman–Crippen MR) is 66.1 cm³/mol. The van der Waals surface area contributed by atoms with E-state index in [1.165, 1.54) is 0 Å². The molecule has 1 unspecified atom stereocenters. The summed E-state index contributed by atoms with van der Waals surface area (Å²) in [4.78, 5) is 2.12. The fourth-order valence-corrected chi connectivity index (χ4v) is 2.68. The zero-order valence-electron chi connectivity index (χ0n) is 10.3. The van der Waals surface area contributed by atoms with Crippen LogP contribution in [0.4, 0.5) is 5.13 Å². The molecule has 1 aromatic heterocycles. The zero-order chi connectivity index (χ0) is 12.0. The van der Waals surface area contributed by atoms with Crippen molar-refractivity contribution in [3.8, 4) is 0 Å². The predicted octanol–water partition coefficient (Wildman–Crippen LogP) is 1.80. The van der Waals surface area contributed by atoms with Crippen molar-refractivity contribution >= 4 is 16.5 Å². The Hall–Kier alpha value is -0.680. The van der Waals surface area contributed by atoms with Gasteiger partial charge in [0.25, 0.3) is 0 Å². The van der Waals surface area contributed by atoms with Gasteiger partial charge in [0.2, 0.25) is 5.13 Å². The minimum atomic E-state index is -0.576. The van der Waals surface area contributed by atoms with E-state index in [1.54, 1.807) is 11.3 Å². The molecular weight excluding hydrogens is 222 g/mol. The van der Waals surface area contributed by atoms with Crippen molar-refractivity contribution < 1.29 is 5.11 Å². The second kappa shape index (κ2) is 3.67. The van der Waals surface area contributed by atoms with Gasteiger partial charge in [-0.05, 0) is 13.3 Å². The van der Waals surface area contributed by atoms with Gasteiger partial charge >= 0.3 is 0 Å². The fourth-order valence-electron chi connectivity index (χ4n) is 1.75. The monoisotopic (exact) mass is 241 g/mol. The third-order valence-electron chi connectivity index (χ3n) is 2.78. The lowest BCUT2D eigenvalue weighted by Crippen LogP contribution is -2.29. The first kappa shape index (κ1) is 11.8. The number of hydrogen-bond acceptors (Lipinski definition) is 5. The van der Waals surface area contributed by atoms with Crippen LogP contribution < -0.4 is 4.90 Å². The molecule has 1 fully saturated rings. The zero-order valence-corrected chi connectivity index (χ0v) is 11.1. The highest BCUT2D eigenvalue weighted by atomic mass is 32.1. The van der Waals surface area contributed by atoms with E-state index in [4.69, 9.17) is 0 Å². The molecule has 0 bridgehead atoms. The van der Waals surface area contributed by atoms with Crippen LogP contribution in [0, 0.1) is 0 Å². The molecule has 0 aliphatic carbocycles. The largest absolute Gasteiger partial charge is 0.388 e. The normalized spacial score (nSPS) is 26.4. The highest BCUT2D eigenvalue weighted by molar-refractivity contribution is 7.15. The van der Waals surface area contributed by atoms with E-state index in [2.05, 4.69) is 35.9 Å². The third-order valence-corrected chi connectivity index (χ3v) is 4.19. The molecule has 1 saturated heterocycles. The van der Waals surface area contributed by atoms with Crippen molar-refractivity contribution in [3.63, 3.8) is 0 Å². The van der Waals surface area contributed by atoms with Crippen molar-refractivity contribution in [2.24, 2.45) is 0 Å². The summed E-state index contributed by atoms with van der Waals surface area (Å²) in [5.41, 5.74) is -0.522. The highest BCUT2D eigenvalue weighted by Gasteiger charge is 2.33. The summed E-state index contributed by atoms with van der Waals surface area (Å²) in [5.74, 6) is 0. The summed E-state index contributed by atoms with van der Waals surface area (Å²) in [5, 5.41) is 20.3. The van der Waals surface area contributed by atoms with Gasteiger partial charge in [0.15, 0.2) is 0 Å². The summed E-state index contributed by atoms with van der Waals surface area (Å²) >= 11 is 1.63. The molecule has 0 saturated carbocycles. The molecule has 1 aliphatic heterocycles. The van der Waals surface area contributed by atoms with Crippen LogP contribution >= 0.6 is 11.3 Å². The number of nitrogens with zero attached hydrogens (tertiary/aromatic N) is 3. The van der Waals surface area contributed by atoms with E-state index in [0.29, 0.717) is 6.54 Å². The summed E-state index contributed by atoms with van der Waals surface area (Å²) in [7, 11) is 0. The van der Waals surface area contributed by atoms with Gasteiger partial charge in [-0.2, -0.15) is 0 Å². The average molecular weight is 241 g/mol. The van der Waals surface area contributed by atoms with Crippen molar-refractivity contribution in [3.05, 3.63) is 5.01 Å². The first-order valence-corrected chi connectivity index (χ1v) is 6.41. The van der Waals surface area contributed by atoms with Crippen molar-refractivity contribution in [1.29, 1.82) is 0 Å². The Labute approximate surface area is 100 Å². The van der Waals surface area contributed by atoms with Crippen LogP contribution in [0.5, 0.6) is 0 Å². The SMILES string of the molecule is CC1(O)CCN(c2nnc(C(C)(C)C)s2)C1. The third kappa shape index (κ3) is 2.35. The maximum atomic E-state index is 9.91. The fraction of sp³-hybridized carbons (Fsp3) is 0.818. The van der Waals surface area contributed by atoms with Crippen LogP contribution in [-0.2, 0) is 5.41 Å². The number of anilines is 1.